The van der Waals surface area contributed by atoms with Crippen molar-refractivity contribution in [2.45, 2.75) is 23.6 Å². The number of fused-ring (bicyclic) bond motifs is 1. The maximum Gasteiger partial charge on any atom is 0.280 e. The second kappa shape index (κ2) is 5.57. The lowest BCUT2D eigenvalue weighted by Crippen LogP contribution is -2.55. The Morgan fingerprint density at radius 3 is 2.44 bits per heavy atom. The van der Waals surface area contributed by atoms with E-state index in [9.17, 15) is 9.59 Å². The molecule has 0 saturated carbocycles. The highest BCUT2D eigenvalue weighted by molar-refractivity contribution is 8.02. The average molecular weight is 369 g/mol. The van der Waals surface area contributed by atoms with Crippen molar-refractivity contribution in [2.24, 2.45) is 0 Å². The zero-order valence-electron chi connectivity index (χ0n) is 13.6. The topological polar surface area (TPSA) is 61.4 Å². The van der Waals surface area contributed by atoms with Crippen LogP contribution in [0.25, 0.3) is 0 Å². The number of thioether (sulfide) groups is 1. The quantitative estimate of drug-likeness (QED) is 0.598. The van der Waals surface area contributed by atoms with Gasteiger partial charge in [-0.2, -0.15) is 0 Å². The normalized spacial score (nSPS) is 22.0. The predicted octanol–water partition coefficient (Wildman–Crippen LogP) is 2.97. The Bertz CT molecular complexity index is 926. The minimum Gasteiger partial charge on any atom is -0.331 e. The fourth-order valence-corrected chi connectivity index (χ4v) is 4.58. The molecule has 7 heteroatoms. The van der Waals surface area contributed by atoms with Crippen LogP contribution >= 0.6 is 24.0 Å². The van der Waals surface area contributed by atoms with Crippen molar-refractivity contribution in [3.8, 4) is 0 Å². The lowest BCUT2D eigenvalue weighted by molar-refractivity contribution is -0.127. The summed E-state index contributed by atoms with van der Waals surface area (Å²) in [5.41, 5.74) is 3.49. The number of thiocarbonyl (C=S) groups is 1. The van der Waals surface area contributed by atoms with Crippen LogP contribution in [-0.2, 0) is 9.59 Å². The molecule has 1 saturated heterocycles. The molecule has 2 N–H and O–H groups in total. The lowest BCUT2D eigenvalue weighted by atomic mass is 10.2. The molecule has 2 aliphatic rings. The first-order valence-electron chi connectivity index (χ1n) is 7.75. The summed E-state index contributed by atoms with van der Waals surface area (Å²) in [5, 5.41) is 6.00. The van der Waals surface area contributed by atoms with Gasteiger partial charge in [-0.15, -0.1) is 0 Å². The molecule has 0 aliphatic carbocycles. The monoisotopic (exact) mass is 369 g/mol. The second-order valence-electron chi connectivity index (χ2n) is 6.14. The standard InChI is InChI=1S/C18H15N3O2S2/c1-10-3-6-12(7-4-10)21-16(23)18(20-17(21)24)15(22)19-13-8-5-11(2)9-14(13)25-18/h3-9H,1-2H3,(H,19,22)(H,20,24). The van der Waals surface area contributed by atoms with E-state index >= 15 is 0 Å². The minimum atomic E-state index is -1.47. The van der Waals surface area contributed by atoms with Crippen molar-refractivity contribution in [2.75, 3.05) is 10.2 Å². The van der Waals surface area contributed by atoms with Gasteiger partial charge in [0.05, 0.1) is 11.4 Å². The van der Waals surface area contributed by atoms with Gasteiger partial charge in [0.2, 0.25) is 0 Å². The molecule has 2 heterocycles. The first-order valence-corrected chi connectivity index (χ1v) is 8.98. The molecule has 1 spiro atoms. The number of hydrogen-bond acceptors (Lipinski definition) is 4. The Labute approximate surface area is 154 Å². The molecule has 0 bridgehead atoms. The van der Waals surface area contributed by atoms with Crippen LogP contribution in [-0.4, -0.2) is 21.8 Å². The Morgan fingerprint density at radius 2 is 1.72 bits per heavy atom. The number of anilines is 2. The predicted molar refractivity (Wildman–Crippen MR) is 103 cm³/mol. The maximum atomic E-state index is 13.2. The highest BCUT2D eigenvalue weighted by atomic mass is 32.2. The van der Waals surface area contributed by atoms with Crippen molar-refractivity contribution < 1.29 is 9.59 Å². The molecule has 5 nitrogen and oxygen atoms in total. The largest absolute Gasteiger partial charge is 0.331 e. The van der Waals surface area contributed by atoms with Gasteiger partial charge in [0.15, 0.2) is 5.11 Å². The maximum absolute atomic E-state index is 13.2. The van der Waals surface area contributed by atoms with Gasteiger partial charge in [0.1, 0.15) is 0 Å². The Hall–Kier alpha value is -2.38. The molecule has 1 atom stereocenters. The van der Waals surface area contributed by atoms with Gasteiger partial charge in [-0.1, -0.05) is 35.5 Å². The molecule has 2 aliphatic heterocycles. The van der Waals surface area contributed by atoms with Crippen molar-refractivity contribution in [1.82, 2.24) is 5.32 Å². The number of rotatable bonds is 1. The van der Waals surface area contributed by atoms with Gasteiger partial charge in [0, 0.05) is 4.90 Å². The van der Waals surface area contributed by atoms with E-state index in [-0.39, 0.29) is 11.0 Å². The number of nitrogens with zero attached hydrogens (tertiary/aromatic N) is 1. The molecule has 2 aromatic rings. The van der Waals surface area contributed by atoms with E-state index in [0.29, 0.717) is 11.4 Å². The van der Waals surface area contributed by atoms with E-state index in [4.69, 9.17) is 12.2 Å². The van der Waals surface area contributed by atoms with E-state index in [1.54, 1.807) is 0 Å². The lowest BCUT2D eigenvalue weighted by Gasteiger charge is -2.31. The summed E-state index contributed by atoms with van der Waals surface area (Å²) < 4.78 is 0. The molecular formula is C18H15N3O2S2. The van der Waals surface area contributed by atoms with Crippen LogP contribution in [0.3, 0.4) is 0 Å². The van der Waals surface area contributed by atoms with Crippen LogP contribution in [0.5, 0.6) is 0 Å². The van der Waals surface area contributed by atoms with Crippen LogP contribution < -0.4 is 15.5 Å². The third-order valence-electron chi connectivity index (χ3n) is 4.25. The van der Waals surface area contributed by atoms with Crippen LogP contribution in [0.2, 0.25) is 0 Å². The minimum absolute atomic E-state index is 0.229. The molecule has 126 valence electrons. The van der Waals surface area contributed by atoms with Gasteiger partial charge < -0.3 is 10.6 Å². The molecule has 1 unspecified atom stereocenters. The molecule has 25 heavy (non-hydrogen) atoms. The zero-order chi connectivity index (χ0) is 17.8. The summed E-state index contributed by atoms with van der Waals surface area (Å²) in [5.74, 6) is -0.785. The van der Waals surface area contributed by atoms with E-state index in [1.807, 2.05) is 56.3 Å². The third-order valence-corrected chi connectivity index (χ3v) is 5.86. The van der Waals surface area contributed by atoms with Gasteiger partial charge in [0.25, 0.3) is 16.7 Å². The molecule has 1 fully saturated rings. The Balaban J connectivity index is 1.76. The number of benzene rings is 2. The molecule has 0 aromatic heterocycles. The summed E-state index contributed by atoms with van der Waals surface area (Å²) in [6.45, 7) is 3.94. The summed E-state index contributed by atoms with van der Waals surface area (Å²) in [4.78, 5) is 26.7. The average Bonchev–Trinajstić information content (AvgIpc) is 2.81. The highest BCUT2D eigenvalue weighted by Crippen LogP contribution is 2.45. The first-order chi connectivity index (χ1) is 11.9. The molecule has 4 rings (SSSR count). The molecule has 2 aromatic carbocycles. The van der Waals surface area contributed by atoms with Crippen molar-refractivity contribution >= 4 is 52.3 Å². The number of nitrogens with one attached hydrogen (secondary N) is 2. The van der Waals surface area contributed by atoms with Crippen LogP contribution in [0.15, 0.2) is 47.4 Å². The summed E-state index contributed by atoms with van der Waals surface area (Å²) in [7, 11) is 0. The number of amides is 2. The van der Waals surface area contributed by atoms with Gasteiger partial charge in [-0.05, 0) is 55.9 Å². The molecular weight excluding hydrogens is 354 g/mol. The van der Waals surface area contributed by atoms with E-state index in [0.717, 1.165) is 16.0 Å². The fourth-order valence-electron chi connectivity index (χ4n) is 2.90. The Kier molecular flexibility index (Phi) is 3.59. The van der Waals surface area contributed by atoms with E-state index in [2.05, 4.69) is 10.6 Å². The smallest absolute Gasteiger partial charge is 0.280 e. The van der Waals surface area contributed by atoms with Gasteiger partial charge in [-0.25, -0.2) is 0 Å². The van der Waals surface area contributed by atoms with E-state index in [1.165, 1.54) is 16.7 Å². The van der Waals surface area contributed by atoms with Gasteiger partial charge >= 0.3 is 0 Å². The summed E-state index contributed by atoms with van der Waals surface area (Å²) in [6.07, 6.45) is 0. The Morgan fingerprint density at radius 1 is 1.04 bits per heavy atom. The molecule has 0 radical (unpaired) electrons. The third kappa shape index (κ3) is 2.42. The zero-order valence-corrected chi connectivity index (χ0v) is 15.3. The number of carbonyl (C=O) groups is 2. The highest BCUT2D eigenvalue weighted by Gasteiger charge is 2.58. The number of hydrogen-bond donors (Lipinski definition) is 2. The molecule has 2 amide bonds. The number of carbonyl (C=O) groups excluding carboxylic acids is 2. The van der Waals surface area contributed by atoms with Crippen LogP contribution in [0.4, 0.5) is 11.4 Å². The van der Waals surface area contributed by atoms with Crippen LogP contribution in [0.1, 0.15) is 11.1 Å². The SMILES string of the molecule is Cc1ccc(N2C(=O)C3(NC2=S)Sc2cc(C)ccc2NC3=O)cc1. The number of aryl methyl sites for hydroxylation is 2. The van der Waals surface area contributed by atoms with Crippen molar-refractivity contribution in [3.05, 3.63) is 53.6 Å². The second-order valence-corrected chi connectivity index (χ2v) is 7.79. The summed E-state index contributed by atoms with van der Waals surface area (Å²) in [6, 6.07) is 13.2. The fraction of sp³-hybridized carbons (Fsp3) is 0.167. The first kappa shape index (κ1) is 16.1. The summed E-state index contributed by atoms with van der Waals surface area (Å²) >= 11 is 6.56. The van der Waals surface area contributed by atoms with Crippen LogP contribution in [0, 0.1) is 13.8 Å². The van der Waals surface area contributed by atoms with Gasteiger partial charge in [-0.3, -0.25) is 14.5 Å². The van der Waals surface area contributed by atoms with Crippen molar-refractivity contribution in [1.29, 1.82) is 0 Å². The van der Waals surface area contributed by atoms with E-state index < -0.39 is 10.8 Å². The van der Waals surface area contributed by atoms with Crippen molar-refractivity contribution in [3.63, 3.8) is 0 Å².